The summed E-state index contributed by atoms with van der Waals surface area (Å²) in [5, 5.41) is 0. The largest absolute Gasteiger partial charge is 0.329 e. The Hall–Kier alpha value is 0.467. The van der Waals surface area contributed by atoms with E-state index in [0.717, 1.165) is 6.42 Å². The van der Waals surface area contributed by atoms with E-state index in [-0.39, 0.29) is 5.67 Å². The fraction of sp³-hybridized carbons (Fsp3) is 1.00. The molecule has 0 aromatic rings. The Morgan fingerprint density at radius 1 is 0.375 bits per heavy atom. The van der Waals surface area contributed by atoms with Gasteiger partial charge in [0.1, 0.15) is 0 Å². The summed E-state index contributed by atoms with van der Waals surface area (Å²) in [5.41, 5.74) is 6.46. The summed E-state index contributed by atoms with van der Waals surface area (Å²) in [4.78, 5) is 0. The van der Waals surface area contributed by atoms with Crippen LogP contribution in [0.25, 0.3) is 0 Å². The molecule has 0 aliphatic heterocycles. The Balaban J connectivity index is 3.08. The third kappa shape index (κ3) is 33.0. The van der Waals surface area contributed by atoms with Crippen molar-refractivity contribution in [3.05, 3.63) is 0 Å². The van der Waals surface area contributed by atoms with Gasteiger partial charge in [0, 0.05) is 5.67 Å². The lowest BCUT2D eigenvalue weighted by molar-refractivity contribution is 0.511. The van der Waals surface area contributed by atoms with Gasteiger partial charge in [0.25, 0.3) is 0 Å². The second-order valence-corrected chi connectivity index (χ2v) is 20.7. The van der Waals surface area contributed by atoms with Crippen molar-refractivity contribution in [2.24, 2.45) is 5.73 Å². The summed E-state index contributed by atoms with van der Waals surface area (Å²) in [5.74, 6) is 0. The van der Waals surface area contributed by atoms with Gasteiger partial charge in [-0.3, -0.25) is 0 Å². The van der Waals surface area contributed by atoms with Gasteiger partial charge in [-0.25, -0.2) is 0 Å². The maximum absolute atomic E-state index is 6.42. The van der Waals surface area contributed by atoms with Gasteiger partial charge < -0.3 is 5.73 Å². The molecule has 0 saturated carbocycles. The van der Waals surface area contributed by atoms with E-state index in [4.69, 9.17) is 16.8 Å². The van der Waals surface area contributed by atoms with Crippen LogP contribution in [0.15, 0.2) is 0 Å². The van der Waals surface area contributed by atoms with Crippen LogP contribution in [-0.2, 0) is 0 Å². The molecule has 0 aromatic carbocycles. The van der Waals surface area contributed by atoms with Crippen molar-refractivity contribution >= 4 is 18.5 Å². The minimum absolute atomic E-state index is 0.266. The molecule has 0 fully saturated rings. The maximum Gasteiger partial charge on any atom is 0.166 e. The van der Waals surface area contributed by atoms with E-state index in [0.29, 0.717) is 0 Å². The minimum Gasteiger partial charge on any atom is -0.329 e. The van der Waals surface area contributed by atoms with Gasteiger partial charge in [-0.1, -0.05) is 225 Å². The molecule has 0 radical (unpaired) electrons. The summed E-state index contributed by atoms with van der Waals surface area (Å²) in [6.07, 6.45) is 47.7. The van der Waals surface area contributed by atoms with Crippen LogP contribution < -0.4 is 5.73 Å². The number of hydrogen-bond donors (Lipinski definition) is 1. The summed E-state index contributed by atoms with van der Waals surface area (Å²) in [6, 6.07) is 0. The number of rotatable bonds is 34. The zero-order valence-corrected chi connectivity index (χ0v) is 30.1. The highest BCUT2D eigenvalue weighted by Gasteiger charge is 2.25. The molecule has 0 unspecified atom stereocenters. The average molecular weight is 601 g/mol. The second kappa shape index (κ2) is 32.4. The molecule has 0 saturated heterocycles. The molecule has 1 atom stereocenters. The van der Waals surface area contributed by atoms with Gasteiger partial charge in [-0.15, -0.1) is 0 Å². The van der Waals surface area contributed by atoms with E-state index in [1.807, 2.05) is 0 Å². The number of hydrogen-bond acceptors (Lipinski definition) is 1. The predicted molar refractivity (Wildman–Crippen MR) is 189 cm³/mol. The SMILES string of the molecule is CCCCCCCCCCCCCCCCCCCCCCCCCCCCCCCCCC[C@@H](N)[Si](C)(C)Cl. The lowest BCUT2D eigenvalue weighted by Gasteiger charge is -2.21. The predicted octanol–water partition coefficient (Wildman–Crippen LogP) is 14.2. The topological polar surface area (TPSA) is 26.0 Å². The number of unbranched alkanes of at least 4 members (excludes halogenated alkanes) is 31. The number of halogens is 1. The van der Waals surface area contributed by atoms with Crippen molar-refractivity contribution in [1.82, 2.24) is 0 Å². The molecule has 1 nitrogen and oxygen atoms in total. The highest BCUT2D eigenvalue weighted by molar-refractivity contribution is 7.19. The molecular weight excluding hydrogens is 522 g/mol. The van der Waals surface area contributed by atoms with Crippen LogP contribution in [0.5, 0.6) is 0 Å². The first-order chi connectivity index (χ1) is 19.5. The first-order valence-corrected chi connectivity index (χ1v) is 23.0. The minimum atomic E-state index is -1.64. The van der Waals surface area contributed by atoms with Crippen molar-refractivity contribution in [1.29, 1.82) is 0 Å². The van der Waals surface area contributed by atoms with Crippen LogP contribution in [0.3, 0.4) is 0 Å². The molecule has 0 aromatic heterocycles. The molecule has 40 heavy (non-hydrogen) atoms. The van der Waals surface area contributed by atoms with Crippen LogP contribution in [0.4, 0.5) is 0 Å². The van der Waals surface area contributed by atoms with Crippen molar-refractivity contribution in [3.8, 4) is 0 Å². The first-order valence-electron chi connectivity index (χ1n) is 18.9. The summed E-state index contributed by atoms with van der Waals surface area (Å²) in [7, 11) is -1.64. The molecule has 0 aliphatic carbocycles. The van der Waals surface area contributed by atoms with Crippen LogP contribution in [-0.4, -0.2) is 13.0 Å². The first kappa shape index (κ1) is 40.5. The van der Waals surface area contributed by atoms with E-state index in [1.165, 1.54) is 205 Å². The molecule has 0 amide bonds. The molecule has 0 bridgehead atoms. The van der Waals surface area contributed by atoms with Crippen molar-refractivity contribution in [3.63, 3.8) is 0 Å². The zero-order chi connectivity index (χ0) is 29.4. The molecule has 3 heteroatoms. The lowest BCUT2D eigenvalue weighted by Crippen LogP contribution is -2.43. The fourth-order valence-electron chi connectivity index (χ4n) is 6.08. The van der Waals surface area contributed by atoms with Crippen LogP contribution in [0.1, 0.15) is 219 Å². The smallest absolute Gasteiger partial charge is 0.166 e. The van der Waals surface area contributed by atoms with Gasteiger partial charge >= 0.3 is 0 Å². The van der Waals surface area contributed by atoms with E-state index >= 15 is 0 Å². The van der Waals surface area contributed by atoms with Crippen LogP contribution in [0, 0.1) is 0 Å². The highest BCUT2D eigenvalue weighted by atomic mass is 35.6. The van der Waals surface area contributed by atoms with Gasteiger partial charge in [0.15, 0.2) is 7.38 Å². The van der Waals surface area contributed by atoms with Gasteiger partial charge in [-0.05, 0) is 6.42 Å². The fourth-order valence-corrected chi connectivity index (χ4v) is 7.30. The van der Waals surface area contributed by atoms with E-state index in [2.05, 4.69) is 20.0 Å². The third-order valence-electron chi connectivity index (χ3n) is 9.25. The van der Waals surface area contributed by atoms with Crippen molar-refractivity contribution < 1.29 is 0 Å². The Bertz CT molecular complexity index is 464. The normalized spacial score (nSPS) is 12.8. The lowest BCUT2D eigenvalue weighted by atomic mass is 10.0. The molecule has 0 heterocycles. The van der Waals surface area contributed by atoms with Crippen LogP contribution in [0.2, 0.25) is 13.1 Å². The Morgan fingerprint density at radius 2 is 0.550 bits per heavy atom. The van der Waals surface area contributed by atoms with E-state index in [1.54, 1.807) is 0 Å². The summed E-state index contributed by atoms with van der Waals surface area (Å²) >= 11 is 6.42. The molecule has 0 aliphatic rings. The highest BCUT2D eigenvalue weighted by Crippen LogP contribution is 2.19. The van der Waals surface area contributed by atoms with E-state index < -0.39 is 7.38 Å². The summed E-state index contributed by atoms with van der Waals surface area (Å²) < 4.78 is 0. The van der Waals surface area contributed by atoms with Gasteiger partial charge in [0.2, 0.25) is 0 Å². The zero-order valence-electron chi connectivity index (χ0n) is 28.4. The average Bonchev–Trinajstić information content (AvgIpc) is 2.93. The van der Waals surface area contributed by atoms with Crippen molar-refractivity contribution in [2.45, 2.75) is 238 Å². The number of nitrogens with two attached hydrogens (primary N) is 1. The Kier molecular flexibility index (Phi) is 32.8. The third-order valence-corrected chi connectivity index (χ3v) is 12.1. The van der Waals surface area contributed by atoms with E-state index in [9.17, 15) is 0 Å². The molecule has 242 valence electrons. The maximum atomic E-state index is 6.42. The molecule has 0 rings (SSSR count). The quantitative estimate of drug-likeness (QED) is 0.0444. The second-order valence-electron chi connectivity index (χ2n) is 13.9. The summed E-state index contributed by atoms with van der Waals surface area (Å²) in [6.45, 7) is 6.64. The Labute approximate surface area is 261 Å². The molecular formula is C37H78ClNSi. The van der Waals surface area contributed by atoms with Gasteiger partial charge in [0.05, 0.1) is 0 Å². The van der Waals surface area contributed by atoms with Crippen molar-refractivity contribution in [2.75, 3.05) is 0 Å². The standard InChI is InChI=1S/C37H78ClNSi/c1-4-5-6-7-8-9-10-11-12-13-14-15-16-17-18-19-20-21-22-23-24-25-26-27-28-29-30-31-32-33-34-35-36-37(39)40(2,3)38/h37H,4-36,39H2,1-3H3/t37-/m0/s1. The van der Waals surface area contributed by atoms with Gasteiger partial charge in [-0.2, -0.15) is 11.1 Å². The Morgan fingerprint density at radius 3 is 0.725 bits per heavy atom. The molecule has 2 N–H and O–H groups in total. The molecule has 0 spiro atoms. The van der Waals surface area contributed by atoms with Crippen LogP contribution >= 0.6 is 11.1 Å². The monoisotopic (exact) mass is 600 g/mol.